The molecular formula is C13H19NO2S. The molecule has 3 nitrogen and oxygen atoms in total. The first-order chi connectivity index (χ1) is 8.15. The van der Waals surface area contributed by atoms with E-state index in [1.807, 2.05) is 38.1 Å². The van der Waals surface area contributed by atoms with E-state index in [0.717, 1.165) is 11.3 Å². The highest BCUT2D eigenvalue weighted by molar-refractivity contribution is 8.00. The molecule has 17 heavy (non-hydrogen) atoms. The van der Waals surface area contributed by atoms with Crippen molar-refractivity contribution < 1.29 is 9.90 Å². The number of benzene rings is 1. The minimum Gasteiger partial charge on any atom is -0.394 e. The molecule has 0 unspecified atom stereocenters. The van der Waals surface area contributed by atoms with Gasteiger partial charge in [-0.15, -0.1) is 11.8 Å². The number of aliphatic hydroxyl groups excluding tert-OH is 1. The standard InChI is InChI=1S/C13H19NO2S/c1-3-11(8-15)14-13(16)9-17-12-6-4-10(2)5-7-12/h4-7,11,15H,3,8-9H2,1-2H3,(H,14,16)/t11-/m0/s1. The molecule has 0 radical (unpaired) electrons. The quantitative estimate of drug-likeness (QED) is 0.762. The summed E-state index contributed by atoms with van der Waals surface area (Å²) in [6.07, 6.45) is 0.747. The highest BCUT2D eigenvalue weighted by Crippen LogP contribution is 2.17. The Balaban J connectivity index is 2.35. The summed E-state index contributed by atoms with van der Waals surface area (Å²) in [5.41, 5.74) is 1.21. The van der Waals surface area contributed by atoms with Crippen molar-refractivity contribution in [1.82, 2.24) is 5.32 Å². The topological polar surface area (TPSA) is 49.3 Å². The SMILES string of the molecule is CC[C@@H](CO)NC(=O)CSc1ccc(C)cc1. The van der Waals surface area contributed by atoms with Crippen LogP contribution in [-0.4, -0.2) is 29.4 Å². The summed E-state index contributed by atoms with van der Waals surface area (Å²) in [5, 5.41) is 11.8. The van der Waals surface area contributed by atoms with E-state index < -0.39 is 0 Å². The van der Waals surface area contributed by atoms with Crippen LogP contribution in [0.25, 0.3) is 0 Å². The summed E-state index contributed by atoms with van der Waals surface area (Å²) in [6.45, 7) is 3.97. The van der Waals surface area contributed by atoms with E-state index in [4.69, 9.17) is 5.11 Å². The van der Waals surface area contributed by atoms with Crippen LogP contribution in [0.15, 0.2) is 29.2 Å². The molecule has 0 bridgehead atoms. The molecule has 0 aromatic heterocycles. The fourth-order valence-corrected chi connectivity index (χ4v) is 2.04. The van der Waals surface area contributed by atoms with Crippen molar-refractivity contribution in [3.63, 3.8) is 0 Å². The molecule has 0 spiro atoms. The summed E-state index contributed by atoms with van der Waals surface area (Å²) in [6, 6.07) is 7.96. The van der Waals surface area contributed by atoms with Crippen LogP contribution < -0.4 is 5.32 Å². The highest BCUT2D eigenvalue weighted by atomic mass is 32.2. The Kier molecular flexibility index (Phi) is 6.08. The van der Waals surface area contributed by atoms with Gasteiger partial charge in [0.15, 0.2) is 0 Å². The van der Waals surface area contributed by atoms with Gasteiger partial charge >= 0.3 is 0 Å². The van der Waals surface area contributed by atoms with Gasteiger partial charge in [-0.25, -0.2) is 0 Å². The predicted octanol–water partition coefficient (Wildman–Crippen LogP) is 1.97. The van der Waals surface area contributed by atoms with Crippen LogP contribution in [0.1, 0.15) is 18.9 Å². The van der Waals surface area contributed by atoms with Crippen LogP contribution in [0.3, 0.4) is 0 Å². The third-order valence-electron chi connectivity index (χ3n) is 2.47. The molecule has 1 atom stereocenters. The van der Waals surface area contributed by atoms with Crippen molar-refractivity contribution in [3.05, 3.63) is 29.8 Å². The number of carbonyl (C=O) groups excluding carboxylic acids is 1. The second-order valence-electron chi connectivity index (χ2n) is 3.96. The molecule has 0 heterocycles. The lowest BCUT2D eigenvalue weighted by Gasteiger charge is -2.13. The number of nitrogens with one attached hydrogen (secondary N) is 1. The summed E-state index contributed by atoms with van der Waals surface area (Å²) in [5.74, 6) is 0.357. The number of carbonyl (C=O) groups is 1. The second kappa shape index (κ2) is 7.35. The van der Waals surface area contributed by atoms with Crippen LogP contribution >= 0.6 is 11.8 Å². The summed E-state index contributed by atoms with van der Waals surface area (Å²) in [7, 11) is 0. The van der Waals surface area contributed by atoms with E-state index in [-0.39, 0.29) is 18.6 Å². The molecule has 1 aromatic rings. The third-order valence-corrected chi connectivity index (χ3v) is 3.48. The Bertz CT molecular complexity index is 347. The second-order valence-corrected chi connectivity index (χ2v) is 5.01. The van der Waals surface area contributed by atoms with E-state index in [0.29, 0.717) is 5.75 Å². The Labute approximate surface area is 107 Å². The maximum atomic E-state index is 11.6. The number of thioether (sulfide) groups is 1. The van der Waals surface area contributed by atoms with Crippen LogP contribution in [-0.2, 0) is 4.79 Å². The first kappa shape index (κ1) is 14.1. The fourth-order valence-electron chi connectivity index (χ4n) is 1.33. The number of hydrogen-bond donors (Lipinski definition) is 2. The van der Waals surface area contributed by atoms with Crippen molar-refractivity contribution in [2.45, 2.75) is 31.2 Å². The van der Waals surface area contributed by atoms with E-state index in [1.54, 1.807) is 0 Å². The Morgan fingerprint density at radius 3 is 2.59 bits per heavy atom. The first-order valence-electron chi connectivity index (χ1n) is 5.75. The maximum Gasteiger partial charge on any atom is 0.230 e. The molecule has 0 fully saturated rings. The Hall–Kier alpha value is -1.00. The average molecular weight is 253 g/mol. The van der Waals surface area contributed by atoms with Crippen molar-refractivity contribution in [2.24, 2.45) is 0 Å². The summed E-state index contributed by atoms with van der Waals surface area (Å²) < 4.78 is 0. The number of rotatable bonds is 6. The van der Waals surface area contributed by atoms with Crippen molar-refractivity contribution >= 4 is 17.7 Å². The molecule has 0 saturated heterocycles. The normalized spacial score (nSPS) is 12.2. The molecule has 1 aromatic carbocycles. The number of hydrogen-bond acceptors (Lipinski definition) is 3. The van der Waals surface area contributed by atoms with Crippen LogP contribution in [0.4, 0.5) is 0 Å². The lowest BCUT2D eigenvalue weighted by atomic mass is 10.2. The van der Waals surface area contributed by atoms with Crippen LogP contribution in [0.5, 0.6) is 0 Å². The number of aryl methyl sites for hydroxylation is 1. The van der Waals surface area contributed by atoms with Gasteiger partial charge in [-0.1, -0.05) is 24.6 Å². The molecule has 1 rings (SSSR count). The third kappa shape index (κ3) is 5.24. The zero-order valence-electron chi connectivity index (χ0n) is 10.3. The molecule has 0 aliphatic heterocycles. The van der Waals surface area contributed by atoms with E-state index in [2.05, 4.69) is 5.32 Å². The Morgan fingerprint density at radius 2 is 2.06 bits per heavy atom. The predicted molar refractivity (Wildman–Crippen MR) is 71.2 cm³/mol. The zero-order valence-corrected chi connectivity index (χ0v) is 11.1. The molecular weight excluding hydrogens is 234 g/mol. The smallest absolute Gasteiger partial charge is 0.230 e. The molecule has 0 aliphatic carbocycles. The van der Waals surface area contributed by atoms with Crippen LogP contribution in [0, 0.1) is 6.92 Å². The minimum absolute atomic E-state index is 0.00254. The van der Waals surface area contributed by atoms with E-state index in [9.17, 15) is 4.79 Å². The molecule has 1 amide bonds. The molecule has 94 valence electrons. The summed E-state index contributed by atoms with van der Waals surface area (Å²) in [4.78, 5) is 12.7. The van der Waals surface area contributed by atoms with Gasteiger partial charge in [0, 0.05) is 4.90 Å². The maximum absolute atomic E-state index is 11.6. The van der Waals surface area contributed by atoms with Gasteiger partial charge in [0.05, 0.1) is 18.4 Å². The van der Waals surface area contributed by atoms with Crippen molar-refractivity contribution in [2.75, 3.05) is 12.4 Å². The lowest BCUT2D eigenvalue weighted by molar-refractivity contribution is -0.119. The van der Waals surface area contributed by atoms with E-state index >= 15 is 0 Å². The molecule has 0 aliphatic rings. The lowest BCUT2D eigenvalue weighted by Crippen LogP contribution is -2.37. The summed E-state index contributed by atoms with van der Waals surface area (Å²) >= 11 is 1.51. The average Bonchev–Trinajstić information content (AvgIpc) is 2.35. The number of amides is 1. The zero-order chi connectivity index (χ0) is 12.7. The Morgan fingerprint density at radius 1 is 1.41 bits per heavy atom. The minimum atomic E-state index is -0.124. The van der Waals surface area contributed by atoms with Gasteiger partial charge in [0.1, 0.15) is 0 Å². The first-order valence-corrected chi connectivity index (χ1v) is 6.74. The number of aliphatic hydroxyl groups is 1. The van der Waals surface area contributed by atoms with Gasteiger partial charge in [0.25, 0.3) is 0 Å². The van der Waals surface area contributed by atoms with Crippen molar-refractivity contribution in [3.8, 4) is 0 Å². The fraction of sp³-hybridized carbons (Fsp3) is 0.462. The molecule has 4 heteroatoms. The molecule has 2 N–H and O–H groups in total. The molecule has 0 saturated carbocycles. The van der Waals surface area contributed by atoms with Crippen LogP contribution in [0.2, 0.25) is 0 Å². The van der Waals surface area contributed by atoms with Gasteiger partial charge in [-0.3, -0.25) is 4.79 Å². The monoisotopic (exact) mass is 253 g/mol. The van der Waals surface area contributed by atoms with Gasteiger partial charge in [-0.2, -0.15) is 0 Å². The van der Waals surface area contributed by atoms with Gasteiger partial charge in [0.2, 0.25) is 5.91 Å². The van der Waals surface area contributed by atoms with E-state index in [1.165, 1.54) is 17.3 Å². The highest BCUT2D eigenvalue weighted by Gasteiger charge is 2.09. The van der Waals surface area contributed by atoms with Gasteiger partial charge in [-0.05, 0) is 25.5 Å². The largest absolute Gasteiger partial charge is 0.394 e. The van der Waals surface area contributed by atoms with Crippen molar-refractivity contribution in [1.29, 1.82) is 0 Å². The van der Waals surface area contributed by atoms with Gasteiger partial charge < -0.3 is 10.4 Å².